The van der Waals surface area contributed by atoms with Gasteiger partial charge >= 0.3 is 0 Å². The Morgan fingerprint density at radius 3 is 3.20 bits per heavy atom. The smallest absolute Gasteiger partial charge is 0.107 e. The molecule has 0 spiro atoms. The summed E-state index contributed by atoms with van der Waals surface area (Å²) >= 11 is 1.71. The Morgan fingerprint density at radius 2 is 2.53 bits per heavy atom. The van der Waals surface area contributed by atoms with Crippen LogP contribution in [0.25, 0.3) is 0 Å². The molecular weight excluding hydrogens is 208 g/mol. The molecule has 3 nitrogen and oxygen atoms in total. The van der Waals surface area contributed by atoms with E-state index in [1.165, 1.54) is 5.01 Å². The van der Waals surface area contributed by atoms with Crippen LogP contribution in [0.3, 0.4) is 0 Å². The van der Waals surface area contributed by atoms with E-state index in [4.69, 9.17) is 0 Å². The van der Waals surface area contributed by atoms with Crippen molar-refractivity contribution in [2.24, 2.45) is 5.92 Å². The highest BCUT2D eigenvalue weighted by molar-refractivity contribution is 7.09. The molecule has 1 fully saturated rings. The summed E-state index contributed by atoms with van der Waals surface area (Å²) in [6, 6.07) is 0. The van der Waals surface area contributed by atoms with Crippen LogP contribution < -0.4 is 0 Å². The van der Waals surface area contributed by atoms with Gasteiger partial charge in [-0.3, -0.25) is 4.90 Å². The minimum Gasteiger partial charge on any atom is -0.393 e. The van der Waals surface area contributed by atoms with Crippen molar-refractivity contribution in [2.45, 2.75) is 32.4 Å². The molecule has 0 aromatic carbocycles. The molecule has 1 aliphatic rings. The zero-order chi connectivity index (χ0) is 10.7. The van der Waals surface area contributed by atoms with Gasteiger partial charge < -0.3 is 5.11 Å². The molecule has 2 atom stereocenters. The third kappa shape index (κ3) is 2.77. The van der Waals surface area contributed by atoms with Crippen LogP contribution in [0.5, 0.6) is 0 Å². The number of hydrogen-bond donors (Lipinski definition) is 1. The standard InChI is InChI=1S/C11H18N2OS/c1-2-9-7-13(5-3-10(9)14)8-11-12-4-6-15-11/h4,6,9-10,14H,2-3,5,7-8H2,1H3. The van der Waals surface area contributed by atoms with Crippen molar-refractivity contribution < 1.29 is 5.11 Å². The highest BCUT2D eigenvalue weighted by Crippen LogP contribution is 2.21. The van der Waals surface area contributed by atoms with Crippen LogP contribution in [-0.2, 0) is 6.54 Å². The van der Waals surface area contributed by atoms with Gasteiger partial charge in [-0.25, -0.2) is 4.98 Å². The molecule has 0 aliphatic carbocycles. The lowest BCUT2D eigenvalue weighted by atomic mass is 9.92. The predicted molar refractivity (Wildman–Crippen MR) is 61.8 cm³/mol. The van der Waals surface area contributed by atoms with Crippen molar-refractivity contribution >= 4 is 11.3 Å². The zero-order valence-electron chi connectivity index (χ0n) is 9.09. The minimum absolute atomic E-state index is 0.0949. The monoisotopic (exact) mass is 226 g/mol. The van der Waals surface area contributed by atoms with E-state index in [0.29, 0.717) is 5.92 Å². The van der Waals surface area contributed by atoms with Crippen molar-refractivity contribution in [3.05, 3.63) is 16.6 Å². The Morgan fingerprint density at radius 1 is 1.67 bits per heavy atom. The normalized spacial score (nSPS) is 28.1. The van der Waals surface area contributed by atoms with Crippen LogP contribution in [0.4, 0.5) is 0 Å². The van der Waals surface area contributed by atoms with Crippen LogP contribution in [0.2, 0.25) is 0 Å². The number of likely N-dealkylation sites (tertiary alicyclic amines) is 1. The van der Waals surface area contributed by atoms with E-state index in [0.717, 1.165) is 32.5 Å². The SMILES string of the molecule is CCC1CN(Cc2nccs2)CCC1O. The van der Waals surface area contributed by atoms with E-state index >= 15 is 0 Å². The maximum absolute atomic E-state index is 9.77. The molecule has 0 saturated carbocycles. The number of aromatic nitrogens is 1. The van der Waals surface area contributed by atoms with E-state index in [-0.39, 0.29) is 6.10 Å². The van der Waals surface area contributed by atoms with E-state index in [1.54, 1.807) is 11.3 Å². The zero-order valence-corrected chi connectivity index (χ0v) is 9.91. The van der Waals surface area contributed by atoms with Gasteiger partial charge in [0, 0.05) is 24.7 Å². The highest BCUT2D eigenvalue weighted by Gasteiger charge is 2.26. The summed E-state index contributed by atoms with van der Waals surface area (Å²) in [5.74, 6) is 0.443. The predicted octanol–water partition coefficient (Wildman–Crippen LogP) is 1.74. The molecule has 1 saturated heterocycles. The molecule has 2 rings (SSSR count). The maximum Gasteiger partial charge on any atom is 0.107 e. The average Bonchev–Trinajstić information content (AvgIpc) is 2.73. The summed E-state index contributed by atoms with van der Waals surface area (Å²) in [6.45, 7) is 5.11. The van der Waals surface area contributed by atoms with Gasteiger partial charge in [0.2, 0.25) is 0 Å². The van der Waals surface area contributed by atoms with Crippen LogP contribution in [0.1, 0.15) is 24.8 Å². The molecule has 0 bridgehead atoms. The number of aliphatic hydroxyl groups is 1. The van der Waals surface area contributed by atoms with Gasteiger partial charge in [-0.05, 0) is 18.8 Å². The first-order valence-electron chi connectivity index (χ1n) is 5.58. The van der Waals surface area contributed by atoms with E-state index in [9.17, 15) is 5.11 Å². The maximum atomic E-state index is 9.77. The van der Waals surface area contributed by atoms with Gasteiger partial charge in [0.05, 0.1) is 12.6 Å². The molecule has 15 heavy (non-hydrogen) atoms. The fraction of sp³-hybridized carbons (Fsp3) is 0.727. The summed E-state index contributed by atoms with van der Waals surface area (Å²) in [4.78, 5) is 6.70. The van der Waals surface area contributed by atoms with Crippen LogP contribution >= 0.6 is 11.3 Å². The fourth-order valence-electron chi connectivity index (χ4n) is 2.16. The summed E-state index contributed by atoms with van der Waals surface area (Å²) in [6.07, 6.45) is 3.73. The Hall–Kier alpha value is -0.450. The molecule has 2 heterocycles. The van der Waals surface area contributed by atoms with Crippen LogP contribution in [-0.4, -0.2) is 34.2 Å². The summed E-state index contributed by atoms with van der Waals surface area (Å²) < 4.78 is 0. The number of aliphatic hydroxyl groups excluding tert-OH is 1. The lowest BCUT2D eigenvalue weighted by Crippen LogP contribution is -2.42. The Kier molecular flexibility index (Phi) is 3.72. The summed E-state index contributed by atoms with van der Waals surface area (Å²) in [5, 5.41) is 13.0. The highest BCUT2D eigenvalue weighted by atomic mass is 32.1. The molecule has 0 amide bonds. The second-order valence-corrected chi connectivity index (χ2v) is 5.16. The summed E-state index contributed by atoms with van der Waals surface area (Å²) in [7, 11) is 0. The first-order chi connectivity index (χ1) is 7.29. The summed E-state index contributed by atoms with van der Waals surface area (Å²) in [5.41, 5.74) is 0. The van der Waals surface area contributed by atoms with E-state index in [1.807, 2.05) is 11.6 Å². The fourth-order valence-corrected chi connectivity index (χ4v) is 2.82. The first kappa shape index (κ1) is 11.0. The number of piperidine rings is 1. The first-order valence-corrected chi connectivity index (χ1v) is 6.46. The molecule has 2 unspecified atom stereocenters. The Balaban J connectivity index is 1.89. The number of hydrogen-bond acceptors (Lipinski definition) is 4. The van der Waals surface area contributed by atoms with Gasteiger partial charge in [-0.2, -0.15) is 0 Å². The Bertz CT molecular complexity index is 289. The molecule has 0 radical (unpaired) electrons. The van der Waals surface area contributed by atoms with E-state index in [2.05, 4.69) is 16.8 Å². The lowest BCUT2D eigenvalue weighted by molar-refractivity contribution is 0.0221. The number of thiazole rings is 1. The topological polar surface area (TPSA) is 36.4 Å². The van der Waals surface area contributed by atoms with Crippen molar-refractivity contribution in [3.63, 3.8) is 0 Å². The van der Waals surface area contributed by atoms with Gasteiger partial charge in [0.15, 0.2) is 0 Å². The molecule has 1 aliphatic heterocycles. The van der Waals surface area contributed by atoms with E-state index < -0.39 is 0 Å². The van der Waals surface area contributed by atoms with Crippen LogP contribution in [0, 0.1) is 5.92 Å². The Labute approximate surface area is 94.8 Å². The lowest BCUT2D eigenvalue weighted by Gasteiger charge is -2.35. The molecule has 1 aromatic heterocycles. The molecule has 4 heteroatoms. The van der Waals surface area contributed by atoms with Gasteiger partial charge in [0.25, 0.3) is 0 Å². The third-order valence-corrected chi connectivity index (χ3v) is 3.91. The largest absolute Gasteiger partial charge is 0.393 e. The second kappa shape index (κ2) is 5.05. The second-order valence-electron chi connectivity index (χ2n) is 4.19. The van der Waals surface area contributed by atoms with Gasteiger partial charge in [-0.15, -0.1) is 11.3 Å². The average molecular weight is 226 g/mol. The van der Waals surface area contributed by atoms with Crippen molar-refractivity contribution in [1.82, 2.24) is 9.88 Å². The van der Waals surface area contributed by atoms with Gasteiger partial charge in [-0.1, -0.05) is 6.92 Å². The quantitative estimate of drug-likeness (QED) is 0.853. The molecule has 84 valence electrons. The van der Waals surface area contributed by atoms with Crippen molar-refractivity contribution in [3.8, 4) is 0 Å². The molecule has 1 aromatic rings. The minimum atomic E-state index is -0.0949. The number of nitrogens with zero attached hydrogens (tertiary/aromatic N) is 2. The number of rotatable bonds is 3. The van der Waals surface area contributed by atoms with Crippen LogP contribution in [0.15, 0.2) is 11.6 Å². The van der Waals surface area contributed by atoms with Crippen molar-refractivity contribution in [1.29, 1.82) is 0 Å². The third-order valence-electron chi connectivity index (χ3n) is 3.14. The molecule has 1 N–H and O–H groups in total. The van der Waals surface area contributed by atoms with Gasteiger partial charge in [0.1, 0.15) is 5.01 Å². The van der Waals surface area contributed by atoms with Crippen molar-refractivity contribution in [2.75, 3.05) is 13.1 Å². The molecular formula is C11H18N2OS.